The molecule has 1 heterocycles. The van der Waals surface area contributed by atoms with Gasteiger partial charge in [-0.15, -0.1) is 17.7 Å². The van der Waals surface area contributed by atoms with Crippen LogP contribution < -0.4 is 68.9 Å². The first-order chi connectivity index (χ1) is 6.84. The summed E-state index contributed by atoms with van der Waals surface area (Å²) < 4.78 is 5.52. The van der Waals surface area contributed by atoms with Gasteiger partial charge in [-0.25, -0.2) is 6.61 Å². The largest absolute Gasteiger partial charge is 1.00 e. The van der Waals surface area contributed by atoms with Crippen molar-refractivity contribution >= 4 is 11.8 Å². The van der Waals surface area contributed by atoms with Gasteiger partial charge in [0.25, 0.3) is 0 Å². The minimum atomic E-state index is 0. The van der Waals surface area contributed by atoms with Gasteiger partial charge in [-0.05, 0) is 12.0 Å². The van der Waals surface area contributed by atoms with E-state index in [1.165, 1.54) is 5.56 Å². The summed E-state index contributed by atoms with van der Waals surface area (Å²) in [6, 6.07) is 10.5. The minimum Gasteiger partial charge on any atom is -0.542 e. The summed E-state index contributed by atoms with van der Waals surface area (Å²) >= 11 is 1.89. The molecule has 0 radical (unpaired) electrons. The molecular weight excluding hydrogens is 325 g/mol. The van der Waals surface area contributed by atoms with Crippen LogP contribution in [0.5, 0.6) is 0 Å². The third kappa shape index (κ3) is 5.17. The molecule has 0 amide bonds. The van der Waals surface area contributed by atoms with E-state index in [2.05, 4.69) is 37.3 Å². The van der Waals surface area contributed by atoms with Gasteiger partial charge in [0.1, 0.15) is 0 Å². The smallest absolute Gasteiger partial charge is 0.542 e. The molecule has 0 spiro atoms. The summed E-state index contributed by atoms with van der Waals surface area (Å²) in [5, 5.41) is 0. The van der Waals surface area contributed by atoms with Crippen molar-refractivity contribution < 1.29 is 73.6 Å². The second kappa shape index (κ2) is 7.82. The normalized spacial score (nSPS) is 24.9. The van der Waals surface area contributed by atoms with E-state index in [0.717, 1.165) is 12.2 Å². The Morgan fingerprint density at radius 1 is 1.40 bits per heavy atom. The Kier molecular flexibility index (Phi) is 7.63. The molecule has 2 atom stereocenters. The topological polar surface area (TPSA) is 9.23 Å². The predicted octanol–water partition coefficient (Wildman–Crippen LogP) is 0.468. The molecule has 15 heavy (non-hydrogen) atoms. The van der Waals surface area contributed by atoms with Crippen molar-refractivity contribution in [1.29, 1.82) is 0 Å². The van der Waals surface area contributed by atoms with Crippen LogP contribution in [0.1, 0.15) is 18.9 Å². The van der Waals surface area contributed by atoms with Crippen molar-refractivity contribution in [2.75, 3.05) is 0 Å². The number of hydrogen-bond acceptors (Lipinski definition) is 2. The van der Waals surface area contributed by atoms with Gasteiger partial charge in [0.2, 0.25) is 0 Å². The van der Waals surface area contributed by atoms with Crippen LogP contribution in [-0.4, -0.2) is 5.44 Å². The maximum atomic E-state index is 5.52. The number of rotatable bonds is 3. The van der Waals surface area contributed by atoms with E-state index in [4.69, 9.17) is 4.74 Å². The van der Waals surface area contributed by atoms with Crippen molar-refractivity contribution in [3.05, 3.63) is 42.5 Å². The van der Waals surface area contributed by atoms with E-state index in [9.17, 15) is 0 Å². The molecule has 1 nitrogen and oxygen atoms in total. The van der Waals surface area contributed by atoms with Gasteiger partial charge in [-0.1, -0.05) is 37.3 Å². The predicted molar refractivity (Wildman–Crippen MR) is 60.7 cm³/mol. The molecular formula is C12H15CsOS. The SMILES string of the molecule is C[C@H]1[CH-]OC(SCc2ccccc2)C1.[Cs+]. The zero-order chi connectivity index (χ0) is 9.80. The van der Waals surface area contributed by atoms with Gasteiger partial charge >= 0.3 is 68.9 Å². The average Bonchev–Trinajstić information content (AvgIpc) is 2.63. The van der Waals surface area contributed by atoms with Crippen LogP contribution in [0.2, 0.25) is 0 Å². The van der Waals surface area contributed by atoms with E-state index >= 15 is 0 Å². The van der Waals surface area contributed by atoms with Gasteiger partial charge in [0.15, 0.2) is 0 Å². The fraction of sp³-hybridized carbons (Fsp3) is 0.417. The molecule has 1 saturated heterocycles. The molecule has 0 saturated carbocycles. The standard InChI is InChI=1S/C12H15OS.Cs/c1-10-7-12(13-8-10)14-9-11-5-3-2-4-6-11;/h2-6,8,10,12H,7,9H2,1H3;/q-1;+1/t10-,12?;/m1./s1. The van der Waals surface area contributed by atoms with Crippen molar-refractivity contribution in [2.45, 2.75) is 24.5 Å². The van der Waals surface area contributed by atoms with Crippen LogP contribution in [0.4, 0.5) is 0 Å². The van der Waals surface area contributed by atoms with Crippen LogP contribution in [0.15, 0.2) is 30.3 Å². The van der Waals surface area contributed by atoms with E-state index < -0.39 is 0 Å². The molecule has 1 aliphatic rings. The molecule has 0 bridgehead atoms. The van der Waals surface area contributed by atoms with Crippen LogP contribution in [0.25, 0.3) is 0 Å². The molecule has 1 aliphatic heterocycles. The molecule has 2 rings (SSSR count). The first kappa shape index (κ1) is 14.6. The fourth-order valence-corrected chi connectivity index (χ4v) is 2.66. The van der Waals surface area contributed by atoms with Crippen molar-refractivity contribution in [2.24, 2.45) is 5.92 Å². The average molecular weight is 340 g/mol. The zero-order valence-electron chi connectivity index (χ0n) is 9.35. The Bertz CT molecular complexity index is 278. The molecule has 3 heteroatoms. The zero-order valence-corrected chi connectivity index (χ0v) is 16.4. The molecule has 76 valence electrons. The van der Waals surface area contributed by atoms with E-state index in [-0.39, 0.29) is 68.9 Å². The number of hydrogen-bond donors (Lipinski definition) is 0. The summed E-state index contributed by atoms with van der Waals surface area (Å²) in [5.74, 6) is 1.66. The Morgan fingerprint density at radius 2 is 2.13 bits per heavy atom. The monoisotopic (exact) mass is 340 g/mol. The first-order valence-corrected chi connectivity index (χ1v) is 6.04. The maximum Gasteiger partial charge on any atom is 1.00 e. The maximum absolute atomic E-state index is 5.52. The fourth-order valence-electron chi connectivity index (χ4n) is 1.51. The molecule has 1 fully saturated rings. The van der Waals surface area contributed by atoms with E-state index in [1.807, 2.05) is 18.4 Å². The summed E-state index contributed by atoms with van der Waals surface area (Å²) in [4.78, 5) is 0. The van der Waals surface area contributed by atoms with Gasteiger partial charge in [-0.2, -0.15) is 0 Å². The number of benzene rings is 1. The van der Waals surface area contributed by atoms with Crippen molar-refractivity contribution in [3.63, 3.8) is 0 Å². The third-order valence-corrected chi connectivity index (χ3v) is 3.48. The Hall–Kier alpha value is 1.58. The van der Waals surface area contributed by atoms with E-state index in [0.29, 0.717) is 11.4 Å². The van der Waals surface area contributed by atoms with Crippen LogP contribution in [0, 0.1) is 12.5 Å². The number of thioether (sulfide) groups is 1. The molecule has 0 aliphatic carbocycles. The third-order valence-electron chi connectivity index (χ3n) is 2.31. The molecule has 0 aromatic heterocycles. The van der Waals surface area contributed by atoms with Gasteiger partial charge in [0.05, 0.1) is 5.44 Å². The van der Waals surface area contributed by atoms with Crippen molar-refractivity contribution in [3.8, 4) is 0 Å². The van der Waals surface area contributed by atoms with Gasteiger partial charge in [0, 0.05) is 5.75 Å². The molecule has 0 N–H and O–H groups in total. The van der Waals surface area contributed by atoms with Gasteiger partial charge < -0.3 is 4.74 Å². The second-order valence-corrected chi connectivity index (χ2v) is 4.86. The Labute approximate surface area is 155 Å². The van der Waals surface area contributed by atoms with Crippen molar-refractivity contribution in [1.82, 2.24) is 0 Å². The minimum absolute atomic E-state index is 0. The molecule has 1 aromatic rings. The van der Waals surface area contributed by atoms with Gasteiger partial charge in [-0.3, -0.25) is 0 Å². The second-order valence-electron chi connectivity index (χ2n) is 3.71. The Morgan fingerprint density at radius 3 is 2.73 bits per heavy atom. The Balaban J connectivity index is 0.00000112. The number of ether oxygens (including phenoxy) is 1. The summed E-state index contributed by atoms with van der Waals surface area (Å²) in [7, 11) is 0. The van der Waals surface area contributed by atoms with Crippen LogP contribution in [-0.2, 0) is 10.5 Å². The quantitative estimate of drug-likeness (QED) is 0.740. The molecule has 1 aromatic carbocycles. The van der Waals surface area contributed by atoms with Crippen LogP contribution >= 0.6 is 11.8 Å². The van der Waals surface area contributed by atoms with E-state index in [1.54, 1.807) is 0 Å². The summed E-state index contributed by atoms with van der Waals surface area (Å²) in [6.45, 7) is 4.16. The first-order valence-electron chi connectivity index (χ1n) is 4.99. The summed E-state index contributed by atoms with van der Waals surface area (Å²) in [5.41, 5.74) is 1.74. The van der Waals surface area contributed by atoms with Crippen LogP contribution in [0.3, 0.4) is 0 Å². The summed E-state index contributed by atoms with van der Waals surface area (Å²) in [6.07, 6.45) is 1.15. The molecule has 1 unspecified atom stereocenters.